The minimum atomic E-state index is -3.69. The Hall–Kier alpha value is -2.55. The number of rotatable bonds is 9. The summed E-state index contributed by atoms with van der Waals surface area (Å²) in [7, 11) is 0.0196. The molecule has 1 atom stereocenters. The highest BCUT2D eigenvalue weighted by Gasteiger charge is 2.34. The summed E-state index contributed by atoms with van der Waals surface area (Å²) in [5.41, 5.74) is 0.949. The van der Waals surface area contributed by atoms with Crippen LogP contribution in [0.25, 0.3) is 10.8 Å². The summed E-state index contributed by atoms with van der Waals surface area (Å²) in [6.07, 6.45) is 6.84. The Morgan fingerprint density at radius 1 is 1.09 bits per heavy atom. The standard InChI is InChI=1S/C26H33FN4O2S/c1-30(23-10-8-22(27)9-11-23)18-4-6-25(20-12-15-28-16-13-20)31(2)34(32,33)26-7-3-5-21-19-29-17-14-24(21)26/h3,5,7-11,14,17,19-20,25,28H,4,6,12-13,15-16,18H2,1-2H3. The number of hydrogen-bond acceptors (Lipinski definition) is 5. The molecular formula is C26H33FN4O2S. The van der Waals surface area contributed by atoms with Gasteiger partial charge in [-0.3, -0.25) is 4.98 Å². The van der Waals surface area contributed by atoms with E-state index in [2.05, 4.69) is 15.2 Å². The molecule has 4 rings (SSSR count). The lowest BCUT2D eigenvalue weighted by Gasteiger charge is -2.37. The van der Waals surface area contributed by atoms with E-state index in [1.54, 1.807) is 54.1 Å². The predicted molar refractivity (Wildman–Crippen MR) is 135 cm³/mol. The van der Waals surface area contributed by atoms with Crippen LogP contribution >= 0.6 is 0 Å². The van der Waals surface area contributed by atoms with Gasteiger partial charge in [-0.1, -0.05) is 12.1 Å². The Morgan fingerprint density at radius 3 is 2.56 bits per heavy atom. The second kappa shape index (κ2) is 10.8. The minimum absolute atomic E-state index is 0.0918. The zero-order chi connectivity index (χ0) is 24.1. The van der Waals surface area contributed by atoms with Gasteiger partial charge in [0.25, 0.3) is 0 Å². The van der Waals surface area contributed by atoms with Crippen molar-refractivity contribution in [2.45, 2.75) is 36.6 Å². The van der Waals surface area contributed by atoms with Crippen molar-refractivity contribution in [2.24, 2.45) is 5.92 Å². The second-order valence-corrected chi connectivity index (χ2v) is 11.0. The third-order valence-electron chi connectivity index (χ3n) is 6.95. The Bertz CT molecular complexity index is 1190. The molecule has 1 aliphatic heterocycles. The van der Waals surface area contributed by atoms with Crippen LogP contribution in [0.2, 0.25) is 0 Å². The van der Waals surface area contributed by atoms with Crippen molar-refractivity contribution >= 4 is 26.5 Å². The maximum atomic E-state index is 13.8. The van der Waals surface area contributed by atoms with E-state index in [-0.39, 0.29) is 11.9 Å². The molecule has 34 heavy (non-hydrogen) atoms. The molecule has 0 spiro atoms. The van der Waals surface area contributed by atoms with E-state index in [0.29, 0.717) is 16.2 Å². The van der Waals surface area contributed by atoms with Gasteiger partial charge in [0.2, 0.25) is 10.0 Å². The summed E-state index contributed by atoms with van der Waals surface area (Å²) < 4.78 is 42.5. The molecule has 1 saturated heterocycles. The number of nitrogens with one attached hydrogen (secondary N) is 1. The number of benzene rings is 2. The van der Waals surface area contributed by atoms with Gasteiger partial charge in [0, 0.05) is 55.5 Å². The van der Waals surface area contributed by atoms with Gasteiger partial charge in [0.1, 0.15) is 5.82 Å². The van der Waals surface area contributed by atoms with Gasteiger partial charge in [-0.05, 0) is 81.1 Å². The summed E-state index contributed by atoms with van der Waals surface area (Å²) in [5.74, 6) is 0.0490. The third-order valence-corrected chi connectivity index (χ3v) is 8.89. The minimum Gasteiger partial charge on any atom is -0.375 e. The quantitative estimate of drug-likeness (QED) is 0.491. The molecule has 8 heteroatoms. The largest absolute Gasteiger partial charge is 0.375 e. The van der Waals surface area contributed by atoms with Crippen LogP contribution in [0.3, 0.4) is 0 Å². The maximum absolute atomic E-state index is 13.8. The lowest BCUT2D eigenvalue weighted by molar-refractivity contribution is 0.207. The van der Waals surface area contributed by atoms with Gasteiger partial charge >= 0.3 is 0 Å². The lowest BCUT2D eigenvalue weighted by atomic mass is 9.87. The normalized spacial score (nSPS) is 16.1. The molecule has 1 aromatic heterocycles. The van der Waals surface area contributed by atoms with Crippen LogP contribution in [0.4, 0.5) is 10.1 Å². The van der Waals surface area contributed by atoms with Gasteiger partial charge in [0.15, 0.2) is 0 Å². The molecule has 0 bridgehead atoms. The van der Waals surface area contributed by atoms with Crippen molar-refractivity contribution in [3.05, 3.63) is 66.7 Å². The summed E-state index contributed by atoms with van der Waals surface area (Å²) in [6.45, 7) is 2.58. The monoisotopic (exact) mass is 484 g/mol. The van der Waals surface area contributed by atoms with E-state index < -0.39 is 10.0 Å². The summed E-state index contributed by atoms with van der Waals surface area (Å²) in [4.78, 5) is 6.55. The molecule has 0 saturated carbocycles. The molecule has 1 N–H and O–H groups in total. The Kier molecular flexibility index (Phi) is 7.80. The zero-order valence-electron chi connectivity index (χ0n) is 19.8. The molecule has 0 aliphatic carbocycles. The summed E-state index contributed by atoms with van der Waals surface area (Å²) in [6, 6.07) is 13.5. The van der Waals surface area contributed by atoms with Gasteiger partial charge in [0.05, 0.1) is 4.90 Å². The summed E-state index contributed by atoms with van der Waals surface area (Å²) >= 11 is 0. The van der Waals surface area contributed by atoms with E-state index >= 15 is 0 Å². The number of aromatic nitrogens is 1. The number of hydrogen-bond donors (Lipinski definition) is 1. The van der Waals surface area contributed by atoms with Crippen molar-refractivity contribution < 1.29 is 12.8 Å². The van der Waals surface area contributed by atoms with Crippen LogP contribution in [-0.2, 0) is 10.0 Å². The lowest BCUT2D eigenvalue weighted by Crippen LogP contribution is -2.45. The van der Waals surface area contributed by atoms with E-state index in [1.165, 1.54) is 12.1 Å². The number of fused-ring (bicyclic) bond motifs is 1. The van der Waals surface area contributed by atoms with E-state index in [0.717, 1.165) is 56.4 Å². The van der Waals surface area contributed by atoms with Gasteiger partial charge in [-0.15, -0.1) is 0 Å². The van der Waals surface area contributed by atoms with Gasteiger partial charge < -0.3 is 10.2 Å². The van der Waals surface area contributed by atoms with E-state index in [9.17, 15) is 12.8 Å². The van der Waals surface area contributed by atoms with Crippen molar-refractivity contribution in [3.8, 4) is 0 Å². The van der Waals surface area contributed by atoms with Crippen molar-refractivity contribution in [1.29, 1.82) is 0 Å². The average molecular weight is 485 g/mol. The van der Waals surface area contributed by atoms with Crippen LogP contribution in [0, 0.1) is 11.7 Å². The Balaban J connectivity index is 1.54. The predicted octanol–water partition coefficient (Wildman–Crippen LogP) is 4.28. The fraction of sp³-hybridized carbons (Fsp3) is 0.423. The highest BCUT2D eigenvalue weighted by atomic mass is 32.2. The number of nitrogens with zero attached hydrogens (tertiary/aromatic N) is 3. The highest BCUT2D eigenvalue weighted by molar-refractivity contribution is 7.89. The maximum Gasteiger partial charge on any atom is 0.243 e. The number of anilines is 1. The molecule has 0 radical (unpaired) electrons. The number of piperidine rings is 1. The molecule has 1 aliphatic rings. The number of halogens is 1. The Labute approximate surface area is 201 Å². The first-order chi connectivity index (χ1) is 16.4. The van der Waals surface area contributed by atoms with Crippen LogP contribution in [0.15, 0.2) is 65.8 Å². The highest BCUT2D eigenvalue weighted by Crippen LogP contribution is 2.31. The third kappa shape index (κ3) is 5.40. The number of sulfonamides is 1. The van der Waals surface area contributed by atoms with E-state index in [4.69, 9.17) is 0 Å². The smallest absolute Gasteiger partial charge is 0.243 e. The van der Waals surface area contributed by atoms with Crippen molar-refractivity contribution in [2.75, 3.05) is 38.6 Å². The van der Waals surface area contributed by atoms with Crippen LogP contribution in [0.1, 0.15) is 25.7 Å². The second-order valence-electron chi connectivity index (χ2n) is 9.07. The summed E-state index contributed by atoms with van der Waals surface area (Å²) in [5, 5.41) is 4.90. The average Bonchev–Trinajstić information content (AvgIpc) is 2.86. The fourth-order valence-electron chi connectivity index (χ4n) is 4.96. The first-order valence-corrected chi connectivity index (χ1v) is 13.3. The molecule has 1 fully saturated rings. The fourth-order valence-corrected chi connectivity index (χ4v) is 6.62. The molecule has 2 heterocycles. The molecular weight excluding hydrogens is 451 g/mol. The molecule has 0 amide bonds. The van der Waals surface area contributed by atoms with Gasteiger partial charge in [-0.25, -0.2) is 12.8 Å². The van der Waals surface area contributed by atoms with Crippen LogP contribution in [-0.4, -0.2) is 57.5 Å². The molecule has 1 unspecified atom stereocenters. The van der Waals surface area contributed by atoms with Crippen LogP contribution in [0.5, 0.6) is 0 Å². The zero-order valence-corrected chi connectivity index (χ0v) is 20.6. The SMILES string of the molecule is CN(CCCC(C1CCNCC1)N(C)S(=O)(=O)c1cccc2cnccc12)c1ccc(F)cc1. The van der Waals surface area contributed by atoms with Crippen molar-refractivity contribution in [1.82, 2.24) is 14.6 Å². The number of pyridine rings is 1. The first-order valence-electron chi connectivity index (χ1n) is 11.9. The topological polar surface area (TPSA) is 65.5 Å². The first kappa shape index (κ1) is 24.6. The molecule has 2 aromatic carbocycles. The van der Waals surface area contributed by atoms with Gasteiger partial charge in [-0.2, -0.15) is 4.31 Å². The molecule has 182 valence electrons. The van der Waals surface area contributed by atoms with E-state index in [1.807, 2.05) is 13.1 Å². The van der Waals surface area contributed by atoms with Crippen molar-refractivity contribution in [3.63, 3.8) is 0 Å². The van der Waals surface area contributed by atoms with Crippen LogP contribution < -0.4 is 10.2 Å². The molecule has 3 aromatic rings. The molecule has 6 nitrogen and oxygen atoms in total. The Morgan fingerprint density at radius 2 is 1.82 bits per heavy atom.